The molecule has 0 unspecified atom stereocenters. The highest BCUT2D eigenvalue weighted by atomic mass is 32.2. The van der Waals surface area contributed by atoms with Gasteiger partial charge in [-0.05, 0) is 30.2 Å². The van der Waals surface area contributed by atoms with Gasteiger partial charge in [0, 0.05) is 38.8 Å². The van der Waals surface area contributed by atoms with Crippen molar-refractivity contribution in [3.05, 3.63) is 71.5 Å². The summed E-state index contributed by atoms with van der Waals surface area (Å²) in [6, 6.07) is 17.2. The number of carbonyl (C=O) groups is 1. The van der Waals surface area contributed by atoms with Crippen molar-refractivity contribution in [2.24, 2.45) is 0 Å². The van der Waals surface area contributed by atoms with Crippen molar-refractivity contribution < 1.29 is 9.18 Å². The number of rotatable bonds is 8. The summed E-state index contributed by atoms with van der Waals surface area (Å²) in [7, 11) is 0. The van der Waals surface area contributed by atoms with Crippen molar-refractivity contribution in [1.29, 1.82) is 0 Å². The van der Waals surface area contributed by atoms with E-state index in [0.29, 0.717) is 23.5 Å². The van der Waals surface area contributed by atoms with Crippen LogP contribution in [0.2, 0.25) is 0 Å². The molecule has 1 aliphatic heterocycles. The van der Waals surface area contributed by atoms with E-state index < -0.39 is 0 Å². The molecule has 4 rings (SSSR count). The number of nitrogens with one attached hydrogen (secondary N) is 1. The number of nitrogens with zero attached hydrogens (tertiary/aromatic N) is 4. The quantitative estimate of drug-likeness (QED) is 0.495. The van der Waals surface area contributed by atoms with E-state index in [0.717, 1.165) is 36.1 Å². The molecule has 168 valence electrons. The summed E-state index contributed by atoms with van der Waals surface area (Å²) in [5, 5.41) is 12.2. The smallest absolute Gasteiger partial charge is 0.233 e. The molecule has 1 atom stereocenters. The van der Waals surface area contributed by atoms with Crippen LogP contribution in [-0.2, 0) is 11.3 Å². The maximum absolute atomic E-state index is 13.0. The fourth-order valence-corrected chi connectivity index (χ4v) is 5.29. The van der Waals surface area contributed by atoms with Gasteiger partial charge in [-0.25, -0.2) is 4.39 Å². The van der Waals surface area contributed by atoms with Crippen molar-refractivity contribution in [1.82, 2.24) is 20.0 Å². The monoisotopic (exact) mass is 471 g/mol. The Labute approximate surface area is 195 Å². The summed E-state index contributed by atoms with van der Waals surface area (Å²) < 4.78 is 13.7. The van der Waals surface area contributed by atoms with Gasteiger partial charge in [0.05, 0.1) is 5.75 Å². The Bertz CT molecular complexity index is 1010. The maximum Gasteiger partial charge on any atom is 0.233 e. The average molecular weight is 472 g/mol. The standard InChI is InChI=1S/C23H26FN5OS2/c1-17(19-5-3-2-4-6-19)28-11-13-29(14-12-28)21(30)16-31-23-27-26-22(32-23)25-15-18-7-9-20(24)10-8-18/h2-10,17H,11-16H2,1H3,(H,25,26)/t17-/m0/s1. The Morgan fingerprint density at radius 3 is 2.53 bits per heavy atom. The molecule has 1 fully saturated rings. The lowest BCUT2D eigenvalue weighted by Crippen LogP contribution is -2.49. The lowest BCUT2D eigenvalue weighted by atomic mass is 10.1. The van der Waals surface area contributed by atoms with Gasteiger partial charge in [-0.15, -0.1) is 10.2 Å². The van der Waals surface area contributed by atoms with E-state index in [4.69, 9.17) is 0 Å². The largest absolute Gasteiger partial charge is 0.356 e. The SMILES string of the molecule is C[C@@H](c1ccccc1)N1CCN(C(=O)CSc2nnc(NCc3ccc(F)cc3)s2)CC1. The predicted octanol–water partition coefficient (Wildman–Crippen LogP) is 4.29. The number of piperazine rings is 1. The summed E-state index contributed by atoms with van der Waals surface area (Å²) in [6.45, 7) is 6.02. The molecule has 0 radical (unpaired) electrons. The molecule has 0 aliphatic carbocycles. The zero-order valence-electron chi connectivity index (χ0n) is 17.9. The van der Waals surface area contributed by atoms with Crippen LogP contribution in [0.3, 0.4) is 0 Å². The number of hydrogen-bond acceptors (Lipinski definition) is 7. The Morgan fingerprint density at radius 1 is 1.09 bits per heavy atom. The fraction of sp³-hybridized carbons (Fsp3) is 0.348. The van der Waals surface area contributed by atoms with Crippen LogP contribution >= 0.6 is 23.1 Å². The molecular formula is C23H26FN5OS2. The third kappa shape index (κ3) is 6.05. The van der Waals surface area contributed by atoms with Gasteiger partial charge >= 0.3 is 0 Å². The van der Waals surface area contributed by atoms with E-state index in [1.807, 2.05) is 11.0 Å². The summed E-state index contributed by atoms with van der Waals surface area (Å²) in [5.41, 5.74) is 2.27. The lowest BCUT2D eigenvalue weighted by Gasteiger charge is -2.38. The van der Waals surface area contributed by atoms with Gasteiger partial charge in [-0.3, -0.25) is 9.69 Å². The number of amides is 1. The van der Waals surface area contributed by atoms with E-state index in [1.165, 1.54) is 40.8 Å². The molecule has 2 heterocycles. The first-order valence-corrected chi connectivity index (χ1v) is 12.4. The molecule has 32 heavy (non-hydrogen) atoms. The Balaban J connectivity index is 1.19. The summed E-state index contributed by atoms with van der Waals surface area (Å²) in [5.74, 6) is 0.249. The molecule has 1 aliphatic rings. The van der Waals surface area contributed by atoms with Gasteiger partial charge in [0.15, 0.2) is 4.34 Å². The fourth-order valence-electron chi connectivity index (χ4n) is 3.64. The molecule has 9 heteroatoms. The van der Waals surface area contributed by atoms with E-state index in [-0.39, 0.29) is 11.7 Å². The van der Waals surface area contributed by atoms with Crippen LogP contribution in [0.4, 0.5) is 9.52 Å². The van der Waals surface area contributed by atoms with Crippen molar-refractivity contribution in [3.8, 4) is 0 Å². The lowest BCUT2D eigenvalue weighted by molar-refractivity contribution is -0.130. The highest BCUT2D eigenvalue weighted by molar-refractivity contribution is 8.01. The molecule has 0 spiro atoms. The normalized spacial score (nSPS) is 15.5. The third-order valence-electron chi connectivity index (χ3n) is 5.58. The number of thioether (sulfide) groups is 1. The van der Waals surface area contributed by atoms with Crippen molar-refractivity contribution in [2.75, 3.05) is 37.2 Å². The maximum atomic E-state index is 13.0. The molecule has 2 aromatic carbocycles. The summed E-state index contributed by atoms with van der Waals surface area (Å²) in [4.78, 5) is 17.0. The predicted molar refractivity (Wildman–Crippen MR) is 127 cm³/mol. The van der Waals surface area contributed by atoms with Crippen LogP contribution in [0.15, 0.2) is 58.9 Å². The van der Waals surface area contributed by atoms with Gasteiger partial charge in [-0.2, -0.15) is 0 Å². The number of hydrogen-bond donors (Lipinski definition) is 1. The minimum atomic E-state index is -0.250. The highest BCUT2D eigenvalue weighted by Gasteiger charge is 2.24. The van der Waals surface area contributed by atoms with Crippen LogP contribution in [-0.4, -0.2) is 57.8 Å². The summed E-state index contributed by atoms with van der Waals surface area (Å²) >= 11 is 2.84. The molecule has 3 aromatic rings. The second kappa shape index (κ2) is 10.9. The van der Waals surface area contributed by atoms with Gasteiger partial charge in [0.1, 0.15) is 5.82 Å². The van der Waals surface area contributed by atoms with Crippen LogP contribution in [0, 0.1) is 5.82 Å². The topological polar surface area (TPSA) is 61.4 Å². The van der Waals surface area contributed by atoms with Crippen LogP contribution in [0.1, 0.15) is 24.1 Å². The zero-order chi connectivity index (χ0) is 22.3. The number of benzene rings is 2. The van der Waals surface area contributed by atoms with Crippen molar-refractivity contribution >= 4 is 34.1 Å². The first-order chi connectivity index (χ1) is 15.6. The minimum Gasteiger partial charge on any atom is -0.356 e. The zero-order valence-corrected chi connectivity index (χ0v) is 19.5. The Morgan fingerprint density at radius 2 is 1.81 bits per heavy atom. The highest BCUT2D eigenvalue weighted by Crippen LogP contribution is 2.27. The van der Waals surface area contributed by atoms with Crippen molar-refractivity contribution in [2.45, 2.75) is 23.8 Å². The molecule has 1 amide bonds. The van der Waals surface area contributed by atoms with Crippen molar-refractivity contribution in [3.63, 3.8) is 0 Å². The van der Waals surface area contributed by atoms with E-state index in [1.54, 1.807) is 12.1 Å². The van der Waals surface area contributed by atoms with Crippen LogP contribution < -0.4 is 5.32 Å². The number of aromatic nitrogens is 2. The second-order valence-corrected chi connectivity index (χ2v) is 9.85. The third-order valence-corrected chi connectivity index (χ3v) is 7.58. The first kappa shape index (κ1) is 22.7. The molecule has 0 bridgehead atoms. The Hall–Kier alpha value is -2.49. The number of halogens is 1. The van der Waals surface area contributed by atoms with Gasteiger partial charge in [-0.1, -0.05) is 65.6 Å². The summed E-state index contributed by atoms with van der Waals surface area (Å²) in [6.07, 6.45) is 0. The van der Waals surface area contributed by atoms with Gasteiger partial charge in [0.2, 0.25) is 11.0 Å². The number of carbonyl (C=O) groups excluding carboxylic acids is 1. The molecule has 0 saturated carbocycles. The molecular weight excluding hydrogens is 445 g/mol. The van der Waals surface area contributed by atoms with E-state index in [9.17, 15) is 9.18 Å². The molecule has 1 aromatic heterocycles. The van der Waals surface area contributed by atoms with E-state index in [2.05, 4.69) is 51.6 Å². The van der Waals surface area contributed by atoms with Gasteiger partial charge < -0.3 is 10.2 Å². The second-order valence-electron chi connectivity index (χ2n) is 7.65. The molecule has 1 N–H and O–H groups in total. The van der Waals surface area contributed by atoms with Crippen LogP contribution in [0.25, 0.3) is 0 Å². The van der Waals surface area contributed by atoms with Gasteiger partial charge in [0.25, 0.3) is 0 Å². The number of anilines is 1. The van der Waals surface area contributed by atoms with E-state index >= 15 is 0 Å². The Kier molecular flexibility index (Phi) is 7.72. The minimum absolute atomic E-state index is 0.137. The molecule has 6 nitrogen and oxygen atoms in total. The first-order valence-electron chi connectivity index (χ1n) is 10.6. The average Bonchev–Trinajstić information content (AvgIpc) is 3.30. The molecule has 1 saturated heterocycles. The van der Waals surface area contributed by atoms with Crippen LogP contribution in [0.5, 0.6) is 0 Å².